The molecule has 0 saturated carbocycles. The minimum absolute atomic E-state index is 0.0667. The first-order valence-corrected chi connectivity index (χ1v) is 8.60. The number of ether oxygens (including phenoxy) is 1. The van der Waals surface area contributed by atoms with E-state index in [4.69, 9.17) is 0 Å². The van der Waals surface area contributed by atoms with Gasteiger partial charge in [0.25, 0.3) is 0 Å². The Morgan fingerprint density at radius 3 is 2.64 bits per heavy atom. The maximum Gasteiger partial charge on any atom is 0.573 e. The Balaban J connectivity index is 2.10. The van der Waals surface area contributed by atoms with Gasteiger partial charge in [0.1, 0.15) is 5.75 Å². The highest BCUT2D eigenvalue weighted by Gasteiger charge is 2.35. The Bertz CT molecular complexity index is 630. The van der Waals surface area contributed by atoms with Gasteiger partial charge in [0, 0.05) is 19.1 Å². The largest absolute Gasteiger partial charge is 0.573 e. The molecular weight excluding hydrogens is 319 g/mol. The van der Waals surface area contributed by atoms with Crippen LogP contribution in [-0.4, -0.2) is 43.3 Å². The summed E-state index contributed by atoms with van der Waals surface area (Å²) in [7, 11) is -3.08. The predicted molar refractivity (Wildman–Crippen MR) is 76.2 cm³/mol. The van der Waals surface area contributed by atoms with Crippen LogP contribution in [0.1, 0.15) is 19.4 Å². The molecule has 0 spiro atoms. The summed E-state index contributed by atoms with van der Waals surface area (Å²) in [5.41, 5.74) is 0.653. The van der Waals surface area contributed by atoms with Gasteiger partial charge in [-0.2, -0.15) is 0 Å². The van der Waals surface area contributed by atoms with Crippen molar-refractivity contribution in [1.82, 2.24) is 4.90 Å². The fourth-order valence-electron chi connectivity index (χ4n) is 2.53. The zero-order valence-corrected chi connectivity index (χ0v) is 13.1. The molecule has 1 aliphatic heterocycles. The summed E-state index contributed by atoms with van der Waals surface area (Å²) in [5.74, 6) is -0.201. The quantitative estimate of drug-likeness (QED) is 0.851. The molecule has 1 aromatic carbocycles. The van der Waals surface area contributed by atoms with Gasteiger partial charge in [-0.15, -0.1) is 13.2 Å². The zero-order valence-electron chi connectivity index (χ0n) is 12.3. The molecule has 0 bridgehead atoms. The van der Waals surface area contributed by atoms with Gasteiger partial charge in [0.05, 0.1) is 11.0 Å². The molecule has 2 atom stereocenters. The molecule has 1 fully saturated rings. The van der Waals surface area contributed by atoms with Crippen molar-refractivity contribution in [2.45, 2.75) is 38.0 Å². The normalized spacial score (nSPS) is 25.9. The molecule has 4 nitrogen and oxygen atoms in total. The van der Waals surface area contributed by atoms with Crippen molar-refractivity contribution in [2.75, 3.05) is 12.3 Å². The smallest absolute Gasteiger partial charge is 0.406 e. The topological polar surface area (TPSA) is 46.6 Å². The van der Waals surface area contributed by atoms with E-state index in [1.165, 1.54) is 18.2 Å². The van der Waals surface area contributed by atoms with Crippen molar-refractivity contribution in [3.8, 4) is 5.75 Å². The number of sulfone groups is 1. The summed E-state index contributed by atoms with van der Waals surface area (Å²) in [5, 5.41) is -0.490. The molecule has 0 aromatic heterocycles. The first-order chi connectivity index (χ1) is 10.1. The molecule has 0 radical (unpaired) electrons. The molecule has 1 heterocycles. The minimum Gasteiger partial charge on any atom is -0.406 e. The summed E-state index contributed by atoms with van der Waals surface area (Å²) in [6.07, 6.45) is -4.72. The van der Waals surface area contributed by atoms with Gasteiger partial charge in [-0.1, -0.05) is 12.1 Å². The number of nitrogens with zero attached hydrogens (tertiary/aromatic N) is 1. The summed E-state index contributed by atoms with van der Waals surface area (Å²) in [6.45, 7) is 4.24. The highest BCUT2D eigenvalue weighted by Crippen LogP contribution is 2.25. The second kappa shape index (κ2) is 6.08. The van der Waals surface area contributed by atoms with E-state index < -0.39 is 21.4 Å². The SMILES string of the molecule is CC1C(C)S(=O)(=O)CCN1Cc1cccc(OC(F)(F)F)c1. The summed E-state index contributed by atoms with van der Waals surface area (Å²) < 4.78 is 64.2. The van der Waals surface area contributed by atoms with Crippen molar-refractivity contribution in [3.05, 3.63) is 29.8 Å². The minimum atomic E-state index is -4.72. The molecule has 8 heteroatoms. The Kier molecular flexibility index (Phi) is 4.72. The van der Waals surface area contributed by atoms with Gasteiger partial charge in [0.15, 0.2) is 9.84 Å². The van der Waals surface area contributed by atoms with E-state index in [2.05, 4.69) is 4.74 Å². The van der Waals surface area contributed by atoms with E-state index >= 15 is 0 Å². The van der Waals surface area contributed by atoms with E-state index in [0.717, 1.165) is 0 Å². The van der Waals surface area contributed by atoms with Crippen LogP contribution in [0.4, 0.5) is 13.2 Å². The summed E-state index contributed by atoms with van der Waals surface area (Å²) in [6, 6.07) is 5.57. The van der Waals surface area contributed by atoms with Crippen molar-refractivity contribution in [1.29, 1.82) is 0 Å². The average molecular weight is 337 g/mol. The van der Waals surface area contributed by atoms with Crippen LogP contribution in [0.2, 0.25) is 0 Å². The van der Waals surface area contributed by atoms with E-state index in [0.29, 0.717) is 18.7 Å². The van der Waals surface area contributed by atoms with Crippen molar-refractivity contribution in [3.63, 3.8) is 0 Å². The van der Waals surface area contributed by atoms with Crippen molar-refractivity contribution in [2.24, 2.45) is 0 Å². The van der Waals surface area contributed by atoms with Gasteiger partial charge in [0.2, 0.25) is 0 Å². The van der Waals surface area contributed by atoms with E-state index in [1.807, 2.05) is 11.8 Å². The molecule has 0 aliphatic carbocycles. The van der Waals surface area contributed by atoms with Crippen LogP contribution in [0.15, 0.2) is 24.3 Å². The van der Waals surface area contributed by atoms with Crippen LogP contribution in [0, 0.1) is 0 Å². The first kappa shape index (κ1) is 17.1. The van der Waals surface area contributed by atoms with Crippen LogP contribution >= 0.6 is 0 Å². The van der Waals surface area contributed by atoms with Gasteiger partial charge in [-0.25, -0.2) is 8.42 Å². The highest BCUT2D eigenvalue weighted by molar-refractivity contribution is 7.92. The Morgan fingerprint density at radius 1 is 1.32 bits per heavy atom. The zero-order chi connectivity index (χ0) is 16.5. The lowest BCUT2D eigenvalue weighted by molar-refractivity contribution is -0.274. The van der Waals surface area contributed by atoms with E-state index in [-0.39, 0.29) is 17.5 Å². The summed E-state index contributed by atoms with van der Waals surface area (Å²) >= 11 is 0. The first-order valence-electron chi connectivity index (χ1n) is 6.89. The van der Waals surface area contributed by atoms with Crippen LogP contribution in [0.25, 0.3) is 0 Å². The van der Waals surface area contributed by atoms with Gasteiger partial charge < -0.3 is 4.74 Å². The predicted octanol–water partition coefficient (Wildman–Crippen LogP) is 2.59. The van der Waals surface area contributed by atoms with Gasteiger partial charge >= 0.3 is 6.36 Å². The van der Waals surface area contributed by atoms with Crippen molar-refractivity contribution >= 4 is 9.84 Å². The lowest BCUT2D eigenvalue weighted by Crippen LogP contribution is -2.51. The Hall–Kier alpha value is -1.28. The maximum absolute atomic E-state index is 12.2. The molecule has 0 N–H and O–H groups in total. The Labute approximate surface area is 127 Å². The lowest BCUT2D eigenvalue weighted by atomic mass is 10.1. The third kappa shape index (κ3) is 4.13. The number of rotatable bonds is 3. The highest BCUT2D eigenvalue weighted by atomic mass is 32.2. The van der Waals surface area contributed by atoms with Gasteiger partial charge in [-0.3, -0.25) is 4.90 Å². The van der Waals surface area contributed by atoms with Gasteiger partial charge in [-0.05, 0) is 31.5 Å². The molecule has 2 unspecified atom stereocenters. The maximum atomic E-state index is 12.2. The molecular formula is C14H18F3NO3S. The second-order valence-electron chi connectivity index (χ2n) is 5.48. The molecule has 1 aromatic rings. The Morgan fingerprint density at radius 2 is 2.00 bits per heavy atom. The molecule has 22 heavy (non-hydrogen) atoms. The standard InChI is InChI=1S/C14H18F3NO3S/c1-10-11(2)22(19,20)7-6-18(10)9-12-4-3-5-13(8-12)21-14(15,16)17/h3-5,8,10-11H,6-7,9H2,1-2H3. The van der Waals surface area contributed by atoms with Crippen LogP contribution in [-0.2, 0) is 16.4 Å². The monoisotopic (exact) mass is 337 g/mol. The third-order valence-corrected chi connectivity index (χ3v) is 6.28. The summed E-state index contributed by atoms with van der Waals surface area (Å²) in [4.78, 5) is 1.96. The van der Waals surface area contributed by atoms with E-state index in [9.17, 15) is 21.6 Å². The number of alkyl halides is 3. The molecule has 124 valence electrons. The van der Waals surface area contributed by atoms with Crippen LogP contribution in [0.5, 0.6) is 5.75 Å². The third-order valence-electron chi connectivity index (χ3n) is 4.00. The molecule has 1 saturated heterocycles. The molecule has 2 rings (SSSR count). The number of benzene rings is 1. The fraction of sp³-hybridized carbons (Fsp3) is 0.571. The fourth-order valence-corrected chi connectivity index (χ4v) is 4.16. The number of halogens is 3. The average Bonchev–Trinajstić information content (AvgIpc) is 2.39. The van der Waals surface area contributed by atoms with Crippen LogP contribution < -0.4 is 4.74 Å². The van der Waals surface area contributed by atoms with Crippen LogP contribution in [0.3, 0.4) is 0 Å². The molecule has 1 aliphatic rings. The number of hydrogen-bond donors (Lipinski definition) is 0. The van der Waals surface area contributed by atoms with E-state index in [1.54, 1.807) is 13.0 Å². The van der Waals surface area contributed by atoms with Crippen molar-refractivity contribution < 1.29 is 26.3 Å². The second-order valence-corrected chi connectivity index (χ2v) is 7.96. The molecule has 0 amide bonds. The lowest BCUT2D eigenvalue weighted by Gasteiger charge is -2.37. The number of hydrogen-bond acceptors (Lipinski definition) is 4.